The van der Waals surface area contributed by atoms with Gasteiger partial charge in [0, 0.05) is 21.2 Å². The van der Waals surface area contributed by atoms with E-state index in [2.05, 4.69) is 46.7 Å². The van der Waals surface area contributed by atoms with Crippen molar-refractivity contribution in [1.29, 1.82) is 0 Å². The van der Waals surface area contributed by atoms with Gasteiger partial charge in [0.25, 0.3) is 0 Å². The summed E-state index contributed by atoms with van der Waals surface area (Å²) >= 11 is 16.5. The summed E-state index contributed by atoms with van der Waals surface area (Å²) < 4.78 is 3.87. The van der Waals surface area contributed by atoms with Crippen molar-refractivity contribution in [1.82, 2.24) is 0 Å². The van der Waals surface area contributed by atoms with Gasteiger partial charge in [0.1, 0.15) is 0 Å². The highest BCUT2D eigenvalue weighted by molar-refractivity contribution is 7.33. The van der Waals surface area contributed by atoms with Crippen LogP contribution in [0.2, 0.25) is 10.0 Å². The number of rotatable bonds is 3. The molecule has 0 bridgehead atoms. The number of thiophene rings is 2. The summed E-state index contributed by atoms with van der Waals surface area (Å²) in [5.41, 5.74) is 3.07. The lowest BCUT2D eigenvalue weighted by Crippen LogP contribution is -2.09. The van der Waals surface area contributed by atoms with Gasteiger partial charge in [-0.15, -0.1) is 22.7 Å². The third kappa shape index (κ3) is 2.82. The van der Waals surface area contributed by atoms with Crippen LogP contribution in [0.4, 0.5) is 17.1 Å². The van der Waals surface area contributed by atoms with E-state index in [1.165, 1.54) is 19.5 Å². The molecule has 0 N–H and O–H groups in total. The quantitative estimate of drug-likeness (QED) is 0.278. The average molecular weight is 426 g/mol. The van der Waals surface area contributed by atoms with Gasteiger partial charge in [0.15, 0.2) is 0 Å². The summed E-state index contributed by atoms with van der Waals surface area (Å²) in [6.07, 6.45) is 0. The molecule has 5 heteroatoms. The van der Waals surface area contributed by atoms with Gasteiger partial charge in [0.2, 0.25) is 0 Å². The van der Waals surface area contributed by atoms with Gasteiger partial charge in [-0.05, 0) is 30.3 Å². The normalized spacial score (nSPS) is 11.3. The van der Waals surface area contributed by atoms with Crippen LogP contribution in [0.25, 0.3) is 19.5 Å². The van der Waals surface area contributed by atoms with Crippen LogP contribution in [-0.4, -0.2) is 0 Å². The molecule has 2 aromatic heterocycles. The third-order valence-electron chi connectivity index (χ3n) is 4.50. The first-order valence-corrected chi connectivity index (χ1v) is 10.9. The third-order valence-corrected chi connectivity index (χ3v) is 7.63. The molecule has 0 fully saturated rings. The van der Waals surface area contributed by atoms with Crippen LogP contribution in [0, 0.1) is 0 Å². The molecule has 0 saturated heterocycles. The van der Waals surface area contributed by atoms with Crippen molar-refractivity contribution >= 4 is 82.4 Å². The number of benzene rings is 3. The maximum Gasteiger partial charge on any atom is 0.0832 e. The van der Waals surface area contributed by atoms with Crippen LogP contribution in [0.3, 0.4) is 0 Å². The molecule has 0 atom stereocenters. The molecule has 3 aromatic carbocycles. The maximum atomic E-state index is 6.62. The largest absolute Gasteiger partial charge is 0.307 e. The minimum atomic E-state index is 0.554. The molecule has 0 aliphatic carbocycles. The van der Waals surface area contributed by atoms with E-state index >= 15 is 0 Å². The highest BCUT2D eigenvalue weighted by Crippen LogP contribution is 2.49. The standard InChI is InChI=1S/C22H13Cl2NS2/c23-16-10-6-11-17(20(16)24)25(14-7-2-1-3-8-14)18-13-26-21-15-9-4-5-12-19(15)27-22(18)21/h1-13H. The van der Waals surface area contributed by atoms with E-state index in [9.17, 15) is 0 Å². The van der Waals surface area contributed by atoms with Crippen molar-refractivity contribution in [2.45, 2.75) is 0 Å². The van der Waals surface area contributed by atoms with Gasteiger partial charge < -0.3 is 4.90 Å². The molecule has 0 aliphatic rings. The first-order valence-electron chi connectivity index (χ1n) is 8.42. The molecule has 0 spiro atoms. The van der Waals surface area contributed by atoms with Gasteiger partial charge in [-0.1, -0.05) is 65.7 Å². The van der Waals surface area contributed by atoms with Crippen LogP contribution < -0.4 is 4.90 Å². The van der Waals surface area contributed by atoms with Crippen LogP contribution in [0.15, 0.2) is 78.2 Å². The van der Waals surface area contributed by atoms with Crippen molar-refractivity contribution in [3.63, 3.8) is 0 Å². The summed E-state index contributed by atoms with van der Waals surface area (Å²) in [5.74, 6) is 0. The second kappa shape index (κ2) is 6.84. The Morgan fingerprint density at radius 1 is 0.704 bits per heavy atom. The Balaban J connectivity index is 1.81. The maximum absolute atomic E-state index is 6.62. The van der Waals surface area contributed by atoms with Crippen molar-refractivity contribution in [2.24, 2.45) is 0 Å². The molecule has 0 saturated carbocycles. The zero-order valence-electron chi connectivity index (χ0n) is 14.0. The van der Waals surface area contributed by atoms with E-state index in [-0.39, 0.29) is 0 Å². The van der Waals surface area contributed by atoms with Crippen molar-refractivity contribution in [3.8, 4) is 0 Å². The summed E-state index contributed by atoms with van der Waals surface area (Å²) in [6.45, 7) is 0. The SMILES string of the molecule is Clc1cccc(N(c2ccccc2)c2csc3c2sc2ccccc23)c1Cl. The number of hydrogen-bond acceptors (Lipinski definition) is 3. The summed E-state index contributed by atoms with van der Waals surface area (Å²) in [5, 5.41) is 4.62. The first kappa shape index (κ1) is 17.1. The van der Waals surface area contributed by atoms with Crippen molar-refractivity contribution in [3.05, 3.63) is 88.2 Å². The molecule has 2 heterocycles. The molecule has 5 rings (SSSR count). The molecular formula is C22H13Cl2NS2. The molecule has 0 amide bonds. The van der Waals surface area contributed by atoms with Gasteiger partial charge in [0.05, 0.1) is 30.8 Å². The van der Waals surface area contributed by atoms with E-state index in [4.69, 9.17) is 23.2 Å². The molecular weight excluding hydrogens is 413 g/mol. The lowest BCUT2D eigenvalue weighted by Gasteiger charge is -2.25. The van der Waals surface area contributed by atoms with Crippen molar-refractivity contribution < 1.29 is 0 Å². The summed E-state index contributed by atoms with van der Waals surface area (Å²) in [4.78, 5) is 2.20. The lowest BCUT2D eigenvalue weighted by atomic mass is 10.2. The van der Waals surface area contributed by atoms with E-state index in [0.29, 0.717) is 10.0 Å². The highest BCUT2D eigenvalue weighted by Gasteiger charge is 2.21. The van der Waals surface area contributed by atoms with E-state index in [1.807, 2.05) is 47.7 Å². The monoisotopic (exact) mass is 425 g/mol. The Bertz CT molecular complexity index is 1260. The fourth-order valence-corrected chi connectivity index (χ4v) is 6.14. The minimum Gasteiger partial charge on any atom is -0.307 e. The molecule has 132 valence electrons. The average Bonchev–Trinajstić information content (AvgIpc) is 3.26. The number of nitrogens with zero attached hydrogens (tertiary/aromatic N) is 1. The Kier molecular flexibility index (Phi) is 4.33. The van der Waals surface area contributed by atoms with Crippen LogP contribution >= 0.6 is 45.9 Å². The molecule has 27 heavy (non-hydrogen) atoms. The summed E-state index contributed by atoms with van der Waals surface area (Å²) in [6, 6.07) is 24.6. The number of halogens is 2. The predicted molar refractivity (Wildman–Crippen MR) is 122 cm³/mol. The zero-order valence-corrected chi connectivity index (χ0v) is 17.2. The van der Waals surface area contributed by atoms with Crippen LogP contribution in [0.1, 0.15) is 0 Å². The molecule has 0 radical (unpaired) electrons. The van der Waals surface area contributed by atoms with E-state index in [0.717, 1.165) is 17.1 Å². The smallest absolute Gasteiger partial charge is 0.0832 e. The number of fused-ring (bicyclic) bond motifs is 3. The van der Waals surface area contributed by atoms with E-state index < -0.39 is 0 Å². The fourth-order valence-electron chi connectivity index (χ4n) is 3.28. The molecule has 0 aliphatic heterocycles. The van der Waals surface area contributed by atoms with Gasteiger partial charge >= 0.3 is 0 Å². The Labute approximate surface area is 175 Å². The van der Waals surface area contributed by atoms with Gasteiger partial charge in [-0.25, -0.2) is 0 Å². The second-order valence-electron chi connectivity index (χ2n) is 6.12. The Morgan fingerprint density at radius 2 is 1.48 bits per heavy atom. The number of para-hydroxylation sites is 1. The van der Waals surface area contributed by atoms with E-state index in [1.54, 1.807) is 11.3 Å². The van der Waals surface area contributed by atoms with Gasteiger partial charge in [-0.3, -0.25) is 0 Å². The van der Waals surface area contributed by atoms with Crippen LogP contribution in [-0.2, 0) is 0 Å². The summed E-state index contributed by atoms with van der Waals surface area (Å²) in [7, 11) is 0. The topological polar surface area (TPSA) is 3.24 Å². The highest BCUT2D eigenvalue weighted by atomic mass is 35.5. The molecule has 5 aromatic rings. The van der Waals surface area contributed by atoms with Crippen LogP contribution in [0.5, 0.6) is 0 Å². The number of hydrogen-bond donors (Lipinski definition) is 0. The number of anilines is 3. The fraction of sp³-hybridized carbons (Fsp3) is 0. The van der Waals surface area contributed by atoms with Gasteiger partial charge in [-0.2, -0.15) is 0 Å². The lowest BCUT2D eigenvalue weighted by molar-refractivity contribution is 1.31. The second-order valence-corrected chi connectivity index (χ2v) is 8.84. The minimum absolute atomic E-state index is 0.554. The Morgan fingerprint density at radius 3 is 2.33 bits per heavy atom. The Hall–Kier alpha value is -2.04. The predicted octanol–water partition coefficient (Wildman–Crippen LogP) is 8.89. The first-order chi connectivity index (χ1) is 13.2. The molecule has 0 unspecified atom stereocenters. The zero-order chi connectivity index (χ0) is 18.4. The molecule has 1 nitrogen and oxygen atoms in total. The van der Waals surface area contributed by atoms with Crippen molar-refractivity contribution in [2.75, 3.05) is 4.90 Å².